The highest BCUT2D eigenvalue weighted by Crippen LogP contribution is 2.42. The van der Waals surface area contributed by atoms with Crippen molar-refractivity contribution in [2.24, 2.45) is 11.8 Å². The molecule has 4 fully saturated rings. The molecule has 0 unspecified atom stereocenters. The predicted octanol–water partition coefficient (Wildman–Crippen LogP) is 2.91. The number of carbonyl (C=O) groups excluding carboxylic acids is 2. The topological polar surface area (TPSA) is 86.7 Å². The normalized spacial score (nSPS) is 26.5. The Hall–Kier alpha value is -1.95. The van der Waals surface area contributed by atoms with Crippen LogP contribution in [0.15, 0.2) is 35.0 Å². The van der Waals surface area contributed by atoms with Gasteiger partial charge in [0.25, 0.3) is 0 Å². The average Bonchev–Trinajstić information content (AvgIpc) is 3.24. The summed E-state index contributed by atoms with van der Waals surface area (Å²) in [5, 5.41) is 24.0. The van der Waals surface area contributed by atoms with Gasteiger partial charge in [-0.3, -0.25) is 0 Å². The maximum absolute atomic E-state index is 13.3. The van der Waals surface area contributed by atoms with Crippen LogP contribution in [0.1, 0.15) is 35.4 Å². The molecule has 1 aliphatic carbocycles. The van der Waals surface area contributed by atoms with Crippen LogP contribution in [-0.2, 0) is 19.9 Å². The molecule has 1 saturated carbocycles. The molecule has 2 bridgehead atoms. The molecule has 0 amide bonds. The molecule has 1 atom stereocenters. The van der Waals surface area contributed by atoms with Gasteiger partial charge in [-0.15, -0.1) is 22.7 Å². The van der Waals surface area contributed by atoms with Gasteiger partial charge in [0, 0.05) is 24.7 Å². The Balaban J connectivity index is 0.000000344. The average molecular weight is 518 g/mol. The number of carboxylic acids is 1. The van der Waals surface area contributed by atoms with Crippen LogP contribution in [0.3, 0.4) is 0 Å². The molecule has 6 nitrogen and oxygen atoms in total. The molecule has 4 aliphatic rings. The number of carbonyl (C=O) groups is 2. The molecule has 3 saturated heterocycles. The standard InChI is InChI=1S/C21H26NO3S2.C2HF3O2/c23-20(21(24,18-3-1-11-26-18)19-4-2-12-27-19)25-17-14-22(13-15-5-6-15)9-7-16(17)8-10-22;3-2(4,5)1(6)7/h1-4,11-12,15-17,24H,5-10,13-14H2;(H,6,7)/q+1;/p-1/t16?,17-,22?;/m0./s1. The Bertz CT molecular complexity index is 947. The third kappa shape index (κ3) is 5.32. The second-order valence-electron chi connectivity index (χ2n) is 9.33. The number of ether oxygens (including phenoxy) is 1. The van der Waals surface area contributed by atoms with Crippen LogP contribution in [0.2, 0.25) is 0 Å². The second kappa shape index (κ2) is 9.60. The summed E-state index contributed by atoms with van der Waals surface area (Å²) in [6.07, 6.45) is -0.248. The lowest BCUT2D eigenvalue weighted by Gasteiger charge is -2.52. The minimum absolute atomic E-state index is 0.0646. The van der Waals surface area contributed by atoms with Gasteiger partial charge in [0.2, 0.25) is 5.60 Å². The molecule has 11 heteroatoms. The van der Waals surface area contributed by atoms with Gasteiger partial charge >= 0.3 is 12.1 Å². The number of fused-ring (bicyclic) bond motifs is 3. The number of aliphatic carboxylic acids is 1. The highest BCUT2D eigenvalue weighted by molar-refractivity contribution is 7.12. The zero-order valence-corrected chi connectivity index (χ0v) is 20.0. The number of alkyl halides is 3. The van der Waals surface area contributed by atoms with Gasteiger partial charge in [-0.05, 0) is 35.7 Å². The molecule has 0 spiro atoms. The zero-order valence-electron chi connectivity index (χ0n) is 18.3. The van der Waals surface area contributed by atoms with Crippen LogP contribution in [0, 0.1) is 11.8 Å². The quantitative estimate of drug-likeness (QED) is 0.471. The van der Waals surface area contributed by atoms with Gasteiger partial charge in [-0.1, -0.05) is 12.1 Å². The highest BCUT2D eigenvalue weighted by atomic mass is 32.1. The monoisotopic (exact) mass is 517 g/mol. The third-order valence-electron chi connectivity index (χ3n) is 6.92. The number of quaternary nitrogens is 1. The SMILES string of the molecule is O=C(O[C@H]1C[N+]2(CC3CC3)CCC1CC2)C(O)(c1cccs1)c1cccs1.O=C([O-])C(F)(F)F. The predicted molar refractivity (Wildman–Crippen MR) is 118 cm³/mol. The van der Waals surface area contributed by atoms with E-state index in [-0.39, 0.29) is 6.10 Å². The Labute approximate surface area is 203 Å². The van der Waals surface area contributed by atoms with Crippen LogP contribution in [0.4, 0.5) is 13.2 Å². The number of aliphatic hydroxyl groups is 1. The Kier molecular flexibility index (Phi) is 7.10. The Morgan fingerprint density at radius 3 is 2.00 bits per heavy atom. The van der Waals surface area contributed by atoms with E-state index in [4.69, 9.17) is 14.6 Å². The summed E-state index contributed by atoms with van der Waals surface area (Å²) >= 11 is 2.80. The summed E-state index contributed by atoms with van der Waals surface area (Å²) in [6, 6.07) is 7.39. The fraction of sp³-hybridized carbons (Fsp3) is 0.565. The molecule has 1 N–H and O–H groups in total. The van der Waals surface area contributed by atoms with Crippen molar-refractivity contribution in [2.45, 2.75) is 43.6 Å². The molecule has 0 aromatic carbocycles. The lowest BCUT2D eigenvalue weighted by molar-refractivity contribution is -0.947. The molecule has 6 rings (SSSR count). The van der Waals surface area contributed by atoms with Gasteiger partial charge in [0.05, 0.1) is 29.4 Å². The summed E-state index contributed by atoms with van der Waals surface area (Å²) in [4.78, 5) is 23.3. The molecule has 3 aliphatic heterocycles. The van der Waals surface area contributed by atoms with Crippen molar-refractivity contribution in [3.8, 4) is 0 Å². The number of rotatable bonds is 6. The number of esters is 1. The molecule has 0 radical (unpaired) electrons. The maximum Gasteiger partial charge on any atom is 0.430 e. The van der Waals surface area contributed by atoms with Crippen LogP contribution in [-0.4, -0.2) is 60.0 Å². The van der Waals surface area contributed by atoms with E-state index < -0.39 is 23.7 Å². The van der Waals surface area contributed by atoms with Crippen molar-refractivity contribution < 1.29 is 42.2 Å². The molecule has 186 valence electrons. The largest absolute Gasteiger partial charge is 0.542 e. The first-order valence-electron chi connectivity index (χ1n) is 11.2. The fourth-order valence-corrected chi connectivity index (χ4v) is 6.69. The number of carboxylic acid groups (broad SMARTS) is 1. The van der Waals surface area contributed by atoms with Crippen molar-refractivity contribution in [2.75, 3.05) is 26.2 Å². The number of thiophene rings is 2. The van der Waals surface area contributed by atoms with E-state index in [1.54, 1.807) is 0 Å². The Morgan fingerprint density at radius 1 is 1.06 bits per heavy atom. The van der Waals surface area contributed by atoms with Crippen molar-refractivity contribution in [3.05, 3.63) is 44.8 Å². The van der Waals surface area contributed by atoms with Crippen molar-refractivity contribution in [1.29, 1.82) is 0 Å². The van der Waals surface area contributed by atoms with Crippen LogP contribution >= 0.6 is 22.7 Å². The smallest absolute Gasteiger partial charge is 0.430 e. The fourth-order valence-electron chi connectivity index (χ4n) is 4.97. The first-order chi connectivity index (χ1) is 16.0. The van der Waals surface area contributed by atoms with Gasteiger partial charge in [0.15, 0.2) is 6.10 Å². The van der Waals surface area contributed by atoms with Crippen molar-refractivity contribution >= 4 is 34.6 Å². The number of halogens is 3. The lowest BCUT2D eigenvalue weighted by atomic mass is 9.82. The molecule has 5 heterocycles. The zero-order chi connectivity index (χ0) is 24.6. The van der Waals surface area contributed by atoms with Gasteiger partial charge < -0.3 is 24.2 Å². The van der Waals surface area contributed by atoms with Crippen molar-refractivity contribution in [1.82, 2.24) is 0 Å². The Morgan fingerprint density at radius 2 is 1.59 bits per heavy atom. The highest BCUT2D eigenvalue weighted by Gasteiger charge is 2.52. The number of hydrogen-bond donors (Lipinski definition) is 1. The van der Waals surface area contributed by atoms with E-state index in [2.05, 4.69) is 0 Å². The summed E-state index contributed by atoms with van der Waals surface area (Å²) in [5.74, 6) is -2.18. The van der Waals surface area contributed by atoms with E-state index >= 15 is 0 Å². The number of nitrogens with zero attached hydrogens (tertiary/aromatic N) is 1. The summed E-state index contributed by atoms with van der Waals surface area (Å²) in [7, 11) is 0. The minimum Gasteiger partial charge on any atom is -0.542 e. The minimum atomic E-state index is -5.19. The second-order valence-corrected chi connectivity index (χ2v) is 11.2. The number of piperidine rings is 3. The van der Waals surface area contributed by atoms with Gasteiger partial charge in [0.1, 0.15) is 12.5 Å². The summed E-state index contributed by atoms with van der Waals surface area (Å²) in [6.45, 7) is 4.64. The molecule has 34 heavy (non-hydrogen) atoms. The van der Waals surface area contributed by atoms with Gasteiger partial charge in [-0.2, -0.15) is 13.2 Å². The molecular formula is C23H26F3NO5S2. The molecular weight excluding hydrogens is 491 g/mol. The lowest BCUT2D eigenvalue weighted by Crippen LogP contribution is -2.65. The first kappa shape index (κ1) is 25.2. The van der Waals surface area contributed by atoms with Crippen LogP contribution in [0.5, 0.6) is 0 Å². The van der Waals surface area contributed by atoms with Crippen LogP contribution < -0.4 is 5.11 Å². The van der Waals surface area contributed by atoms with E-state index in [1.165, 1.54) is 55.1 Å². The van der Waals surface area contributed by atoms with E-state index in [0.717, 1.165) is 29.8 Å². The van der Waals surface area contributed by atoms with E-state index in [9.17, 15) is 23.1 Å². The maximum atomic E-state index is 13.3. The van der Waals surface area contributed by atoms with E-state index in [1.807, 2.05) is 35.0 Å². The van der Waals surface area contributed by atoms with Crippen LogP contribution in [0.25, 0.3) is 0 Å². The van der Waals surface area contributed by atoms with E-state index in [0.29, 0.717) is 15.7 Å². The van der Waals surface area contributed by atoms with Crippen molar-refractivity contribution in [3.63, 3.8) is 0 Å². The molecule has 2 aromatic rings. The summed E-state index contributed by atoms with van der Waals surface area (Å²) in [5.41, 5.74) is -1.68. The van der Waals surface area contributed by atoms with Gasteiger partial charge in [-0.25, -0.2) is 4.79 Å². The third-order valence-corrected chi connectivity index (χ3v) is 8.88. The molecule has 2 aromatic heterocycles. The summed E-state index contributed by atoms with van der Waals surface area (Å²) < 4.78 is 38.7. The first-order valence-corrected chi connectivity index (χ1v) is 12.9. The number of hydrogen-bond acceptors (Lipinski definition) is 7.